The third-order valence-corrected chi connectivity index (χ3v) is 3.77. The first-order valence-electron chi connectivity index (χ1n) is 6.06. The zero-order valence-corrected chi connectivity index (χ0v) is 9.53. The van der Waals surface area contributed by atoms with Crippen LogP contribution in [0.2, 0.25) is 0 Å². The zero-order valence-electron chi connectivity index (χ0n) is 9.53. The average Bonchev–Trinajstić information content (AvgIpc) is 2.79. The Hall–Kier alpha value is -2.48. The van der Waals surface area contributed by atoms with Crippen molar-refractivity contribution in [1.82, 2.24) is 4.98 Å². The third-order valence-electron chi connectivity index (χ3n) is 3.77. The molecule has 0 unspecified atom stereocenters. The lowest BCUT2D eigenvalue weighted by atomic mass is 10.0. The lowest BCUT2D eigenvalue weighted by Crippen LogP contribution is -1.91. The molecule has 0 fully saturated rings. The predicted molar refractivity (Wildman–Crippen MR) is 73.4 cm³/mol. The smallest absolute Gasteiger partial charge is 0.137 e. The molecule has 0 aliphatic carbocycles. The number of aromatic amines is 1. The molecule has 1 N–H and O–H groups in total. The topological polar surface area (TPSA) is 25.0 Å². The van der Waals surface area contributed by atoms with Crippen LogP contribution in [0.25, 0.3) is 32.6 Å². The standard InChI is InChI=1S/C16H9NO/c1-3-9-7-8-11-16-14(9)12(5-1)18-13-6-2-4-10(17-11)15(13)16/h1-8,17H. The largest absolute Gasteiger partial charge is 0.456 e. The van der Waals surface area contributed by atoms with Gasteiger partial charge in [0.2, 0.25) is 0 Å². The zero-order chi connectivity index (χ0) is 11.7. The number of rotatable bonds is 0. The molecule has 1 aliphatic rings. The van der Waals surface area contributed by atoms with Gasteiger partial charge in [0.15, 0.2) is 0 Å². The third kappa shape index (κ3) is 0.830. The van der Waals surface area contributed by atoms with Gasteiger partial charge in [-0.3, -0.25) is 0 Å². The Morgan fingerprint density at radius 1 is 0.667 bits per heavy atom. The summed E-state index contributed by atoms with van der Waals surface area (Å²) < 4.78 is 6.02. The number of ether oxygens (including phenoxy) is 1. The molecule has 0 saturated heterocycles. The summed E-state index contributed by atoms with van der Waals surface area (Å²) in [6, 6.07) is 16.7. The van der Waals surface area contributed by atoms with Crippen molar-refractivity contribution in [3.05, 3.63) is 48.5 Å². The van der Waals surface area contributed by atoms with Crippen LogP contribution < -0.4 is 4.74 Å². The lowest BCUT2D eigenvalue weighted by molar-refractivity contribution is 0.493. The van der Waals surface area contributed by atoms with E-state index < -0.39 is 0 Å². The maximum Gasteiger partial charge on any atom is 0.137 e. The van der Waals surface area contributed by atoms with E-state index in [4.69, 9.17) is 4.74 Å². The molecule has 1 aliphatic heterocycles. The van der Waals surface area contributed by atoms with Crippen LogP contribution in [-0.2, 0) is 0 Å². The number of nitrogens with one attached hydrogen (secondary N) is 1. The van der Waals surface area contributed by atoms with Gasteiger partial charge in [-0.05, 0) is 29.7 Å². The van der Waals surface area contributed by atoms with Crippen molar-refractivity contribution in [2.45, 2.75) is 0 Å². The van der Waals surface area contributed by atoms with Crippen LogP contribution in [-0.4, -0.2) is 4.98 Å². The molecule has 84 valence electrons. The van der Waals surface area contributed by atoms with Gasteiger partial charge in [-0.1, -0.05) is 24.3 Å². The molecule has 3 aromatic carbocycles. The summed E-state index contributed by atoms with van der Waals surface area (Å²) in [5.74, 6) is 1.91. The van der Waals surface area contributed by atoms with Gasteiger partial charge >= 0.3 is 0 Å². The fourth-order valence-corrected chi connectivity index (χ4v) is 3.04. The van der Waals surface area contributed by atoms with Gasteiger partial charge in [0, 0.05) is 16.3 Å². The molecule has 5 rings (SSSR count). The molecule has 2 heteroatoms. The summed E-state index contributed by atoms with van der Waals surface area (Å²) in [5.41, 5.74) is 2.32. The van der Waals surface area contributed by atoms with E-state index in [1.54, 1.807) is 0 Å². The number of hydrogen-bond donors (Lipinski definition) is 1. The lowest BCUT2D eigenvalue weighted by Gasteiger charge is -2.15. The predicted octanol–water partition coefficient (Wildman–Crippen LogP) is 4.58. The second-order valence-corrected chi connectivity index (χ2v) is 4.75. The van der Waals surface area contributed by atoms with E-state index in [-0.39, 0.29) is 0 Å². The SMILES string of the molecule is c1cc2c3c(c1)ccc1[nH]c4cccc(c4c13)O2. The first kappa shape index (κ1) is 8.59. The molecule has 0 atom stereocenters. The summed E-state index contributed by atoms with van der Waals surface area (Å²) in [7, 11) is 0. The second kappa shape index (κ2) is 2.67. The molecule has 0 saturated carbocycles. The highest BCUT2D eigenvalue weighted by molar-refractivity contribution is 6.24. The van der Waals surface area contributed by atoms with Crippen LogP contribution >= 0.6 is 0 Å². The van der Waals surface area contributed by atoms with E-state index >= 15 is 0 Å². The van der Waals surface area contributed by atoms with Gasteiger partial charge in [-0.25, -0.2) is 0 Å². The summed E-state index contributed by atoms with van der Waals surface area (Å²) in [6.45, 7) is 0. The highest BCUT2D eigenvalue weighted by Crippen LogP contribution is 2.46. The fourth-order valence-electron chi connectivity index (χ4n) is 3.04. The van der Waals surface area contributed by atoms with Crippen molar-refractivity contribution in [1.29, 1.82) is 0 Å². The molecule has 0 amide bonds. The van der Waals surface area contributed by atoms with Crippen LogP contribution in [0.15, 0.2) is 48.5 Å². The molecule has 18 heavy (non-hydrogen) atoms. The molecule has 0 bridgehead atoms. The van der Waals surface area contributed by atoms with Crippen LogP contribution in [0.5, 0.6) is 11.5 Å². The van der Waals surface area contributed by atoms with E-state index in [1.165, 1.54) is 27.1 Å². The molecule has 2 nitrogen and oxygen atoms in total. The molecule has 0 radical (unpaired) electrons. The highest BCUT2D eigenvalue weighted by atomic mass is 16.5. The number of benzene rings is 3. The van der Waals surface area contributed by atoms with Gasteiger partial charge in [0.1, 0.15) is 11.5 Å². The molecular weight excluding hydrogens is 222 g/mol. The summed E-state index contributed by atoms with van der Waals surface area (Å²) in [5, 5.41) is 4.95. The van der Waals surface area contributed by atoms with Crippen molar-refractivity contribution in [2.24, 2.45) is 0 Å². The molecular formula is C16H9NO. The monoisotopic (exact) mass is 231 g/mol. The first-order chi connectivity index (χ1) is 8.92. The number of aromatic nitrogens is 1. The Bertz CT molecular complexity index is 943. The van der Waals surface area contributed by atoms with Gasteiger partial charge in [0.25, 0.3) is 0 Å². The summed E-state index contributed by atoms with van der Waals surface area (Å²) >= 11 is 0. The molecule has 2 heterocycles. The van der Waals surface area contributed by atoms with E-state index in [0.717, 1.165) is 17.0 Å². The van der Waals surface area contributed by atoms with E-state index in [0.29, 0.717) is 0 Å². The average molecular weight is 231 g/mol. The van der Waals surface area contributed by atoms with E-state index in [9.17, 15) is 0 Å². The number of hydrogen-bond acceptors (Lipinski definition) is 1. The van der Waals surface area contributed by atoms with Crippen molar-refractivity contribution in [3.8, 4) is 11.5 Å². The Morgan fingerprint density at radius 2 is 1.44 bits per heavy atom. The summed E-state index contributed by atoms with van der Waals surface area (Å²) in [6.07, 6.45) is 0. The van der Waals surface area contributed by atoms with Crippen molar-refractivity contribution in [3.63, 3.8) is 0 Å². The number of H-pyrrole nitrogens is 1. The Kier molecular flexibility index (Phi) is 1.27. The van der Waals surface area contributed by atoms with Gasteiger partial charge in [-0.15, -0.1) is 0 Å². The van der Waals surface area contributed by atoms with Gasteiger partial charge < -0.3 is 9.72 Å². The van der Waals surface area contributed by atoms with Crippen LogP contribution in [0.3, 0.4) is 0 Å². The highest BCUT2D eigenvalue weighted by Gasteiger charge is 2.19. The molecule has 0 spiro atoms. The first-order valence-corrected chi connectivity index (χ1v) is 6.06. The van der Waals surface area contributed by atoms with Crippen molar-refractivity contribution < 1.29 is 4.74 Å². The maximum absolute atomic E-state index is 6.02. The minimum absolute atomic E-state index is 0.949. The molecule has 1 aromatic heterocycles. The molecule has 4 aromatic rings. The summed E-state index contributed by atoms with van der Waals surface area (Å²) in [4.78, 5) is 3.46. The minimum Gasteiger partial charge on any atom is -0.456 e. The maximum atomic E-state index is 6.02. The van der Waals surface area contributed by atoms with Gasteiger partial charge in [-0.2, -0.15) is 0 Å². The van der Waals surface area contributed by atoms with Crippen LogP contribution in [0.4, 0.5) is 0 Å². The Balaban J connectivity index is 2.27. The van der Waals surface area contributed by atoms with Crippen LogP contribution in [0, 0.1) is 0 Å². The van der Waals surface area contributed by atoms with Crippen LogP contribution in [0.1, 0.15) is 0 Å². The Labute approximate surface area is 103 Å². The minimum atomic E-state index is 0.949. The second-order valence-electron chi connectivity index (χ2n) is 4.75. The van der Waals surface area contributed by atoms with E-state index in [1.807, 2.05) is 24.3 Å². The van der Waals surface area contributed by atoms with Crippen molar-refractivity contribution >= 4 is 32.6 Å². The van der Waals surface area contributed by atoms with Gasteiger partial charge in [0.05, 0.1) is 10.9 Å². The van der Waals surface area contributed by atoms with E-state index in [2.05, 4.69) is 29.2 Å². The quantitative estimate of drug-likeness (QED) is 0.414. The normalized spacial score (nSPS) is 12.9. The fraction of sp³-hybridized carbons (Fsp3) is 0. The van der Waals surface area contributed by atoms with Crippen molar-refractivity contribution in [2.75, 3.05) is 0 Å². The Morgan fingerprint density at radius 3 is 2.39 bits per heavy atom.